The predicted molar refractivity (Wildman–Crippen MR) is 142 cm³/mol. The van der Waals surface area contributed by atoms with E-state index in [9.17, 15) is 10.1 Å². The summed E-state index contributed by atoms with van der Waals surface area (Å²) in [6.07, 6.45) is 0.831. The Labute approximate surface area is 228 Å². The van der Waals surface area contributed by atoms with Crippen molar-refractivity contribution in [2.24, 2.45) is 0 Å². The molecule has 8 nitrogen and oxygen atoms in total. The predicted octanol–water partition coefficient (Wildman–Crippen LogP) is 4.93. The topological polar surface area (TPSA) is 103 Å². The molecule has 8 heteroatoms. The third-order valence-corrected chi connectivity index (χ3v) is 7.42. The Hall–Kier alpha value is -3.48. The molecule has 2 aromatic carbocycles. The number of amides is 1. The summed E-state index contributed by atoms with van der Waals surface area (Å²) in [5.74, 6) is -0.447. The van der Waals surface area contributed by atoms with Crippen LogP contribution in [0.1, 0.15) is 54.7 Å². The number of benzene rings is 2. The van der Waals surface area contributed by atoms with Crippen molar-refractivity contribution in [1.29, 1.82) is 5.26 Å². The number of nitrogens with one attached hydrogen (secondary N) is 1. The second-order valence-electron chi connectivity index (χ2n) is 10.6. The molecule has 4 atom stereocenters. The van der Waals surface area contributed by atoms with E-state index >= 15 is 0 Å². The van der Waals surface area contributed by atoms with E-state index in [1.807, 2.05) is 69.3 Å². The third-order valence-electron chi connectivity index (χ3n) is 7.42. The van der Waals surface area contributed by atoms with E-state index in [1.165, 1.54) is 0 Å². The van der Waals surface area contributed by atoms with Gasteiger partial charge in [0.25, 0.3) is 5.91 Å². The van der Waals surface area contributed by atoms with Gasteiger partial charge in [0.1, 0.15) is 11.9 Å². The summed E-state index contributed by atoms with van der Waals surface area (Å²) in [5.41, 5.74) is 2.17. The molecule has 1 aliphatic heterocycles. The van der Waals surface area contributed by atoms with Gasteiger partial charge in [0, 0.05) is 12.8 Å². The smallest absolute Gasteiger partial charge is 0.252 e. The minimum atomic E-state index is -1.24. The normalized spacial score (nSPS) is 25.5. The van der Waals surface area contributed by atoms with Crippen LogP contribution in [0.2, 0.25) is 0 Å². The summed E-state index contributed by atoms with van der Waals surface area (Å²) >= 11 is 0. The van der Waals surface area contributed by atoms with Crippen LogP contribution in [0.5, 0.6) is 0 Å². The van der Waals surface area contributed by atoms with Crippen LogP contribution in [-0.4, -0.2) is 35.6 Å². The lowest BCUT2D eigenvalue weighted by molar-refractivity contribution is -0.183. The lowest BCUT2D eigenvalue weighted by Gasteiger charge is -2.43. The van der Waals surface area contributed by atoms with E-state index in [0.29, 0.717) is 17.7 Å². The molecule has 1 unspecified atom stereocenters. The number of hydrogen-bond donors (Lipinski definition) is 1. The van der Waals surface area contributed by atoms with Crippen molar-refractivity contribution < 1.29 is 28.2 Å². The number of hydrogen-bond acceptors (Lipinski definition) is 7. The fourth-order valence-electron chi connectivity index (χ4n) is 5.39. The van der Waals surface area contributed by atoms with Crippen molar-refractivity contribution >= 4 is 5.91 Å². The van der Waals surface area contributed by atoms with Crippen molar-refractivity contribution in [1.82, 2.24) is 5.32 Å². The Balaban J connectivity index is 1.43. The van der Waals surface area contributed by atoms with Crippen molar-refractivity contribution in [2.75, 3.05) is 0 Å². The summed E-state index contributed by atoms with van der Waals surface area (Å²) in [7, 11) is 0. The lowest BCUT2D eigenvalue weighted by Crippen LogP contribution is -2.59. The van der Waals surface area contributed by atoms with Crippen LogP contribution in [0.4, 0.5) is 0 Å². The molecule has 39 heavy (non-hydrogen) atoms. The first-order valence-electron chi connectivity index (χ1n) is 13.2. The zero-order valence-corrected chi connectivity index (χ0v) is 22.5. The number of nitrogens with zero attached hydrogens (tertiary/aromatic N) is 1. The summed E-state index contributed by atoms with van der Waals surface area (Å²) in [4.78, 5) is 13.9. The number of ether oxygens (including phenoxy) is 4. The molecule has 1 N–H and O–H groups in total. The molecular formula is C31H34N2O6. The quantitative estimate of drug-likeness (QED) is 0.418. The van der Waals surface area contributed by atoms with Crippen LogP contribution in [0.25, 0.3) is 0 Å². The fourth-order valence-corrected chi connectivity index (χ4v) is 5.39. The Bertz CT molecular complexity index is 1330. The Morgan fingerprint density at radius 2 is 1.79 bits per heavy atom. The largest absolute Gasteiger partial charge is 0.467 e. The number of fused-ring (bicyclic) bond motifs is 1. The van der Waals surface area contributed by atoms with Crippen LogP contribution >= 0.6 is 0 Å². The van der Waals surface area contributed by atoms with E-state index in [-0.39, 0.29) is 38.2 Å². The molecule has 3 aromatic rings. The van der Waals surface area contributed by atoms with Crippen molar-refractivity contribution in [2.45, 2.75) is 83.1 Å². The molecule has 204 valence electrons. The van der Waals surface area contributed by atoms with E-state index in [1.54, 1.807) is 18.4 Å². The molecule has 1 amide bonds. The average Bonchev–Trinajstić information content (AvgIpc) is 3.56. The maximum Gasteiger partial charge on any atom is 0.252 e. The molecular weight excluding hydrogens is 496 g/mol. The van der Waals surface area contributed by atoms with E-state index in [4.69, 9.17) is 23.4 Å². The number of furan rings is 1. The van der Waals surface area contributed by atoms with Crippen LogP contribution < -0.4 is 5.32 Å². The standard InChI is InChI=1S/C31H34N2O6/c1-21-9-4-5-11-23(21)20-37-31(29(34)33-18-25-13-8-14-35-25)15-26(28-27(16-31)38-30(2,3)39-28)36-19-24-12-7-6-10-22(24)17-32/h4-14,26-28H,15-16,18-20H2,1-3H3,(H,33,34)/t26?,27-,28+,31-/m1/s1. The molecule has 5 rings (SSSR count). The molecule has 1 aliphatic carbocycles. The summed E-state index contributed by atoms with van der Waals surface area (Å²) in [6.45, 7) is 6.43. The average molecular weight is 531 g/mol. The minimum absolute atomic E-state index is 0.198. The molecule has 2 fully saturated rings. The number of nitriles is 1. The van der Waals surface area contributed by atoms with Gasteiger partial charge in [0.15, 0.2) is 11.4 Å². The van der Waals surface area contributed by atoms with Gasteiger partial charge in [-0.1, -0.05) is 42.5 Å². The van der Waals surface area contributed by atoms with Gasteiger partial charge in [0.05, 0.1) is 49.9 Å². The maximum atomic E-state index is 13.9. The van der Waals surface area contributed by atoms with Crippen molar-refractivity contribution in [3.63, 3.8) is 0 Å². The SMILES string of the molecule is Cc1ccccc1CO[C@]1(C(=O)NCc2ccco2)CC(OCc2ccccc2C#N)[C@@H]2OC(C)(C)O[C@@H]2C1. The number of rotatable bonds is 9. The molecule has 0 radical (unpaired) electrons. The Kier molecular flexibility index (Phi) is 7.87. The molecule has 1 saturated carbocycles. The van der Waals surface area contributed by atoms with E-state index < -0.39 is 23.6 Å². The first-order valence-corrected chi connectivity index (χ1v) is 13.2. The number of carbonyl (C=O) groups excluding carboxylic acids is 1. The van der Waals surface area contributed by atoms with Gasteiger partial charge in [-0.25, -0.2) is 0 Å². The molecule has 1 aromatic heterocycles. The monoisotopic (exact) mass is 530 g/mol. The highest BCUT2D eigenvalue weighted by molar-refractivity contribution is 5.85. The van der Waals surface area contributed by atoms with Gasteiger partial charge in [-0.3, -0.25) is 4.79 Å². The summed E-state index contributed by atoms with van der Waals surface area (Å²) < 4.78 is 31.0. The first kappa shape index (κ1) is 27.1. The minimum Gasteiger partial charge on any atom is -0.467 e. The molecule has 1 saturated heterocycles. The van der Waals surface area contributed by atoms with Crippen LogP contribution in [0.3, 0.4) is 0 Å². The molecule has 0 spiro atoms. The zero-order valence-electron chi connectivity index (χ0n) is 22.5. The van der Waals surface area contributed by atoms with Crippen molar-refractivity contribution in [3.8, 4) is 6.07 Å². The van der Waals surface area contributed by atoms with Gasteiger partial charge in [-0.05, 0) is 55.7 Å². The lowest BCUT2D eigenvalue weighted by atomic mass is 9.78. The van der Waals surface area contributed by atoms with Gasteiger partial charge in [-0.15, -0.1) is 0 Å². The second-order valence-corrected chi connectivity index (χ2v) is 10.6. The van der Waals surface area contributed by atoms with Crippen molar-refractivity contribution in [3.05, 3.63) is 94.9 Å². The highest BCUT2D eigenvalue weighted by Crippen LogP contribution is 2.44. The second kappa shape index (κ2) is 11.3. The Morgan fingerprint density at radius 3 is 2.54 bits per heavy atom. The van der Waals surface area contributed by atoms with E-state index in [0.717, 1.165) is 16.7 Å². The van der Waals surface area contributed by atoms with Gasteiger partial charge in [0.2, 0.25) is 0 Å². The fraction of sp³-hybridized carbons (Fsp3) is 0.419. The number of carbonyl (C=O) groups is 1. The summed E-state index contributed by atoms with van der Waals surface area (Å²) in [5, 5.41) is 12.5. The summed E-state index contributed by atoms with van der Waals surface area (Å²) in [6, 6.07) is 21.1. The van der Waals surface area contributed by atoms with E-state index in [2.05, 4.69) is 11.4 Å². The third kappa shape index (κ3) is 6.07. The van der Waals surface area contributed by atoms with Gasteiger partial charge < -0.3 is 28.7 Å². The van der Waals surface area contributed by atoms with Gasteiger partial charge in [-0.2, -0.15) is 5.26 Å². The number of aryl methyl sites for hydroxylation is 1. The first-order chi connectivity index (χ1) is 18.8. The van der Waals surface area contributed by atoms with Gasteiger partial charge >= 0.3 is 0 Å². The van der Waals surface area contributed by atoms with Crippen LogP contribution in [0.15, 0.2) is 71.3 Å². The molecule has 2 aliphatic rings. The highest BCUT2D eigenvalue weighted by atomic mass is 16.8. The maximum absolute atomic E-state index is 13.9. The highest BCUT2D eigenvalue weighted by Gasteiger charge is 2.58. The molecule has 2 heterocycles. The Morgan fingerprint density at radius 1 is 1.03 bits per heavy atom. The van der Waals surface area contributed by atoms with Crippen LogP contribution in [0, 0.1) is 18.3 Å². The van der Waals surface area contributed by atoms with Crippen LogP contribution in [-0.2, 0) is 43.5 Å². The molecule has 0 bridgehead atoms. The zero-order chi connectivity index (χ0) is 27.5.